The fraction of sp³-hybridized carbons (Fsp3) is 0.643. The average molecular weight is 286 g/mol. The van der Waals surface area contributed by atoms with E-state index < -0.39 is 17.3 Å². The lowest BCUT2D eigenvalue weighted by molar-refractivity contribution is -0.138. The molecule has 0 amide bonds. The Bertz CT molecular complexity index is 503. The Hall–Kier alpha value is -1.14. The minimum atomic E-state index is -4.40. The second-order valence-corrected chi connectivity index (χ2v) is 5.92. The first-order chi connectivity index (χ1) is 9.29. The van der Waals surface area contributed by atoms with Crippen LogP contribution in [0.5, 0.6) is 0 Å². The van der Waals surface area contributed by atoms with Crippen molar-refractivity contribution in [1.82, 2.24) is 9.88 Å². The second-order valence-electron chi connectivity index (χ2n) is 5.92. The van der Waals surface area contributed by atoms with E-state index in [-0.39, 0.29) is 17.8 Å². The molecule has 0 radical (unpaired) electrons. The molecule has 6 heteroatoms. The van der Waals surface area contributed by atoms with Gasteiger partial charge in [-0.2, -0.15) is 13.2 Å². The van der Waals surface area contributed by atoms with Gasteiger partial charge >= 0.3 is 6.18 Å². The lowest BCUT2D eigenvalue weighted by Crippen LogP contribution is -2.48. The molecular formula is C14H17F3N2O. The fourth-order valence-electron chi connectivity index (χ4n) is 3.52. The third-order valence-corrected chi connectivity index (χ3v) is 4.70. The predicted octanol–water partition coefficient (Wildman–Crippen LogP) is 2.54. The van der Waals surface area contributed by atoms with Crippen molar-refractivity contribution in [3.8, 4) is 0 Å². The molecule has 2 bridgehead atoms. The van der Waals surface area contributed by atoms with E-state index in [1.165, 1.54) is 0 Å². The number of pyridine rings is 1. The summed E-state index contributed by atoms with van der Waals surface area (Å²) in [5, 5.41) is 10.8. The van der Waals surface area contributed by atoms with Gasteiger partial charge in [-0.05, 0) is 44.9 Å². The molecule has 0 saturated carbocycles. The van der Waals surface area contributed by atoms with Crippen molar-refractivity contribution in [1.29, 1.82) is 0 Å². The normalized spacial score (nSPS) is 34.5. The van der Waals surface area contributed by atoms with Gasteiger partial charge in [0, 0.05) is 18.3 Å². The monoisotopic (exact) mass is 286 g/mol. The summed E-state index contributed by atoms with van der Waals surface area (Å²) in [6, 6.07) is 2.39. The average Bonchev–Trinajstić information content (AvgIpc) is 2.62. The standard InChI is InChI=1S/C14H17F3N2O/c1-19-10-2-3-11(19)8-13(20,7-10)12-6-9(4-5-18-12)14(15,16)17/h4-6,10-11,20H,2-3,7-8H2,1H3. The minimum absolute atomic E-state index is 0.150. The van der Waals surface area contributed by atoms with Crippen molar-refractivity contribution in [2.24, 2.45) is 0 Å². The Kier molecular flexibility index (Phi) is 3.06. The van der Waals surface area contributed by atoms with Crippen molar-refractivity contribution in [2.75, 3.05) is 7.05 Å². The number of rotatable bonds is 1. The van der Waals surface area contributed by atoms with E-state index in [1.54, 1.807) is 0 Å². The molecule has 110 valence electrons. The first kappa shape index (κ1) is 13.8. The predicted molar refractivity (Wildman–Crippen MR) is 66.9 cm³/mol. The fourth-order valence-corrected chi connectivity index (χ4v) is 3.52. The van der Waals surface area contributed by atoms with Crippen molar-refractivity contribution >= 4 is 0 Å². The van der Waals surface area contributed by atoms with Crippen LogP contribution in [0, 0.1) is 0 Å². The summed E-state index contributed by atoms with van der Waals surface area (Å²) in [4.78, 5) is 6.23. The number of alkyl halides is 3. The molecule has 0 spiro atoms. The van der Waals surface area contributed by atoms with E-state index in [4.69, 9.17) is 0 Å². The van der Waals surface area contributed by atoms with Crippen LogP contribution in [-0.2, 0) is 11.8 Å². The molecule has 3 heterocycles. The number of nitrogens with zero attached hydrogens (tertiary/aromatic N) is 2. The van der Waals surface area contributed by atoms with Gasteiger partial charge in [0.15, 0.2) is 0 Å². The molecule has 2 saturated heterocycles. The van der Waals surface area contributed by atoms with E-state index in [0.717, 1.165) is 31.2 Å². The molecule has 1 N–H and O–H groups in total. The lowest BCUT2D eigenvalue weighted by atomic mass is 9.83. The van der Waals surface area contributed by atoms with Crippen LogP contribution in [-0.4, -0.2) is 34.1 Å². The third-order valence-electron chi connectivity index (χ3n) is 4.70. The van der Waals surface area contributed by atoms with Gasteiger partial charge in [-0.1, -0.05) is 0 Å². The highest BCUT2D eigenvalue weighted by molar-refractivity contribution is 5.25. The molecule has 2 unspecified atom stereocenters. The van der Waals surface area contributed by atoms with Crippen LogP contribution >= 0.6 is 0 Å². The highest BCUT2D eigenvalue weighted by Gasteiger charge is 2.48. The summed E-state index contributed by atoms with van der Waals surface area (Å²) in [6.45, 7) is 0. The topological polar surface area (TPSA) is 36.4 Å². The molecule has 2 fully saturated rings. The maximum absolute atomic E-state index is 12.8. The zero-order chi connectivity index (χ0) is 14.5. The van der Waals surface area contributed by atoms with Gasteiger partial charge in [0.05, 0.1) is 11.3 Å². The molecular weight excluding hydrogens is 269 g/mol. The van der Waals surface area contributed by atoms with E-state index in [2.05, 4.69) is 9.88 Å². The first-order valence-electron chi connectivity index (χ1n) is 6.78. The van der Waals surface area contributed by atoms with Crippen LogP contribution in [0.3, 0.4) is 0 Å². The van der Waals surface area contributed by atoms with Gasteiger partial charge in [0.2, 0.25) is 0 Å². The summed E-state index contributed by atoms with van der Waals surface area (Å²) >= 11 is 0. The largest absolute Gasteiger partial charge is 0.416 e. The Morgan fingerprint density at radius 3 is 2.45 bits per heavy atom. The number of hydrogen-bond donors (Lipinski definition) is 1. The second kappa shape index (κ2) is 4.43. The van der Waals surface area contributed by atoms with Gasteiger partial charge in [0.25, 0.3) is 0 Å². The Morgan fingerprint density at radius 2 is 1.90 bits per heavy atom. The molecule has 20 heavy (non-hydrogen) atoms. The highest BCUT2D eigenvalue weighted by Crippen LogP contribution is 2.45. The van der Waals surface area contributed by atoms with Gasteiger partial charge in [-0.3, -0.25) is 4.98 Å². The van der Waals surface area contributed by atoms with Crippen LogP contribution in [0.15, 0.2) is 18.3 Å². The van der Waals surface area contributed by atoms with Crippen molar-refractivity contribution < 1.29 is 18.3 Å². The number of piperidine rings is 1. The first-order valence-corrected chi connectivity index (χ1v) is 6.78. The summed E-state index contributed by atoms with van der Waals surface area (Å²) in [5.41, 5.74) is -1.83. The number of fused-ring (bicyclic) bond motifs is 2. The Balaban J connectivity index is 1.93. The van der Waals surface area contributed by atoms with Crippen LogP contribution in [0.1, 0.15) is 36.9 Å². The van der Waals surface area contributed by atoms with E-state index in [1.807, 2.05) is 7.05 Å². The molecule has 0 aliphatic carbocycles. The van der Waals surface area contributed by atoms with Crippen molar-refractivity contribution in [3.63, 3.8) is 0 Å². The van der Waals surface area contributed by atoms with E-state index >= 15 is 0 Å². The summed E-state index contributed by atoms with van der Waals surface area (Å²) in [7, 11) is 2.02. The summed E-state index contributed by atoms with van der Waals surface area (Å²) < 4.78 is 38.3. The molecule has 2 atom stereocenters. The molecule has 0 aromatic carbocycles. The maximum atomic E-state index is 12.8. The SMILES string of the molecule is CN1C2CCC1CC(O)(c1cc(C(F)(F)F)ccn1)C2. The van der Waals surface area contributed by atoms with Crippen molar-refractivity contribution in [3.05, 3.63) is 29.6 Å². The molecule has 3 nitrogen and oxygen atoms in total. The van der Waals surface area contributed by atoms with E-state index in [0.29, 0.717) is 12.8 Å². The minimum Gasteiger partial charge on any atom is -0.383 e. The highest BCUT2D eigenvalue weighted by atomic mass is 19.4. The Morgan fingerprint density at radius 1 is 1.30 bits per heavy atom. The van der Waals surface area contributed by atoms with Gasteiger partial charge in [-0.25, -0.2) is 0 Å². The summed E-state index contributed by atoms with van der Waals surface area (Å²) in [5.74, 6) is 0. The zero-order valence-electron chi connectivity index (χ0n) is 11.2. The lowest BCUT2D eigenvalue weighted by Gasteiger charge is -2.41. The molecule has 1 aromatic rings. The van der Waals surface area contributed by atoms with Gasteiger partial charge in [-0.15, -0.1) is 0 Å². The van der Waals surface area contributed by atoms with Crippen molar-refractivity contribution in [2.45, 2.75) is 49.5 Å². The smallest absolute Gasteiger partial charge is 0.383 e. The number of hydrogen-bond acceptors (Lipinski definition) is 3. The van der Waals surface area contributed by atoms with Crippen LogP contribution < -0.4 is 0 Å². The Labute approximate surface area is 115 Å². The molecule has 2 aliphatic rings. The molecule has 1 aromatic heterocycles. The molecule has 2 aliphatic heterocycles. The quantitative estimate of drug-likeness (QED) is 0.862. The van der Waals surface area contributed by atoms with Crippen LogP contribution in [0.2, 0.25) is 0 Å². The molecule has 3 rings (SSSR count). The third kappa shape index (κ3) is 2.20. The van der Waals surface area contributed by atoms with Gasteiger partial charge in [0.1, 0.15) is 5.60 Å². The van der Waals surface area contributed by atoms with Crippen LogP contribution in [0.4, 0.5) is 13.2 Å². The maximum Gasteiger partial charge on any atom is 0.416 e. The van der Waals surface area contributed by atoms with E-state index in [9.17, 15) is 18.3 Å². The van der Waals surface area contributed by atoms with Gasteiger partial charge < -0.3 is 10.0 Å². The number of halogens is 3. The number of aromatic nitrogens is 1. The number of aliphatic hydroxyl groups is 1. The van der Waals surface area contributed by atoms with Crippen LogP contribution in [0.25, 0.3) is 0 Å². The summed E-state index contributed by atoms with van der Waals surface area (Å²) in [6.07, 6.45) is -0.387. The zero-order valence-corrected chi connectivity index (χ0v) is 11.2.